The van der Waals surface area contributed by atoms with Crippen molar-refractivity contribution < 1.29 is 32.8 Å². The molecule has 0 bridgehead atoms. The molecule has 2 aliphatic rings. The number of likely N-dealkylation sites (tertiary alicyclic amines) is 1. The van der Waals surface area contributed by atoms with Gasteiger partial charge in [0.25, 0.3) is 12.3 Å². The zero-order valence-electron chi connectivity index (χ0n) is 21.2. The van der Waals surface area contributed by atoms with E-state index in [-0.39, 0.29) is 49.0 Å². The van der Waals surface area contributed by atoms with Crippen molar-refractivity contribution in [2.75, 3.05) is 38.7 Å². The zero-order chi connectivity index (χ0) is 27.5. The summed E-state index contributed by atoms with van der Waals surface area (Å²) in [6.07, 6.45) is 0.108. The monoisotopic (exact) mass is 538 g/mol. The van der Waals surface area contributed by atoms with E-state index in [0.717, 1.165) is 6.33 Å². The van der Waals surface area contributed by atoms with Gasteiger partial charge in [-0.25, -0.2) is 31.5 Å². The molecular formula is C24H24F5N7O2. The van der Waals surface area contributed by atoms with Crippen molar-refractivity contribution >= 4 is 22.5 Å². The standard InChI is InChI=1S/C24H24F5N7O2/c1-37-22-21-15(13-6-16(25)20-17(7-13)35(12-30-20)8-19(26)27)2-5-36(21)33-23(32-22)31-18-3-4-34(11-24(18,28)29)14-9-38-10-14/h2,5-7,12,14,18-19H,3-4,8-11H2,1H3,(H,31,33)/t18-/m1/s1/i14D. The molecule has 2 aliphatic heterocycles. The lowest BCUT2D eigenvalue weighted by atomic mass is 9.98. The number of rotatable bonds is 7. The minimum Gasteiger partial charge on any atom is -0.479 e. The number of halogens is 5. The molecule has 6 rings (SSSR count). The van der Waals surface area contributed by atoms with Crippen LogP contribution in [0, 0.1) is 5.82 Å². The molecule has 4 aromatic rings. The summed E-state index contributed by atoms with van der Waals surface area (Å²) in [6.45, 7) is -0.763. The quantitative estimate of drug-likeness (QED) is 0.360. The molecule has 5 heterocycles. The molecule has 1 aromatic carbocycles. The molecule has 3 aromatic heterocycles. The molecular weight excluding hydrogens is 513 g/mol. The fraction of sp³-hybridized carbons (Fsp3) is 0.458. The first kappa shape index (κ1) is 23.6. The van der Waals surface area contributed by atoms with E-state index < -0.39 is 43.3 Å². The molecule has 9 nitrogen and oxygen atoms in total. The molecule has 0 radical (unpaired) electrons. The van der Waals surface area contributed by atoms with E-state index >= 15 is 8.78 Å². The van der Waals surface area contributed by atoms with Crippen LogP contribution in [0.4, 0.5) is 27.9 Å². The van der Waals surface area contributed by atoms with Gasteiger partial charge in [0.2, 0.25) is 11.8 Å². The number of nitrogens with zero attached hydrogens (tertiary/aromatic N) is 6. The Balaban J connectivity index is 1.31. The van der Waals surface area contributed by atoms with Crippen molar-refractivity contribution in [1.82, 2.24) is 29.0 Å². The van der Waals surface area contributed by atoms with Crippen molar-refractivity contribution in [1.29, 1.82) is 0 Å². The third-order valence-electron chi connectivity index (χ3n) is 6.88. The lowest BCUT2D eigenvalue weighted by Crippen LogP contribution is -2.61. The number of methoxy groups -OCH3 is 1. The second kappa shape index (κ2) is 9.34. The molecule has 1 N–H and O–H groups in total. The average molecular weight is 538 g/mol. The highest BCUT2D eigenvalue weighted by Crippen LogP contribution is 2.35. The fourth-order valence-corrected chi connectivity index (χ4v) is 4.92. The predicted octanol–water partition coefficient (Wildman–Crippen LogP) is 3.68. The lowest BCUT2D eigenvalue weighted by Gasteiger charge is -2.44. The molecule has 202 valence electrons. The zero-order valence-corrected chi connectivity index (χ0v) is 20.2. The predicted molar refractivity (Wildman–Crippen MR) is 127 cm³/mol. The molecule has 14 heteroatoms. The highest BCUT2D eigenvalue weighted by molar-refractivity contribution is 5.90. The number of benzene rings is 1. The Morgan fingerprint density at radius 2 is 2.13 bits per heavy atom. The van der Waals surface area contributed by atoms with Crippen molar-refractivity contribution in [3.05, 3.63) is 36.5 Å². The van der Waals surface area contributed by atoms with E-state index in [1.165, 1.54) is 33.2 Å². The summed E-state index contributed by atoms with van der Waals surface area (Å²) >= 11 is 0. The number of imidazole rings is 1. The Morgan fingerprint density at radius 1 is 1.32 bits per heavy atom. The first-order valence-corrected chi connectivity index (χ1v) is 11.9. The number of hydrogen-bond acceptors (Lipinski definition) is 7. The van der Waals surface area contributed by atoms with Crippen LogP contribution in [0.5, 0.6) is 5.88 Å². The van der Waals surface area contributed by atoms with Crippen molar-refractivity contribution in [2.24, 2.45) is 0 Å². The molecule has 1 atom stereocenters. The van der Waals surface area contributed by atoms with Crippen molar-refractivity contribution in [3.8, 4) is 17.0 Å². The molecule has 0 aliphatic carbocycles. The Labute approximate surface area is 214 Å². The van der Waals surface area contributed by atoms with Gasteiger partial charge in [-0.3, -0.25) is 4.90 Å². The normalized spacial score (nSPS) is 21.6. The molecule has 2 fully saturated rings. The highest BCUT2D eigenvalue weighted by Gasteiger charge is 2.47. The van der Waals surface area contributed by atoms with E-state index in [9.17, 15) is 13.2 Å². The van der Waals surface area contributed by atoms with Crippen LogP contribution in [0.3, 0.4) is 0 Å². The van der Waals surface area contributed by atoms with Gasteiger partial charge in [-0.2, -0.15) is 4.98 Å². The molecule has 0 spiro atoms. The average Bonchev–Trinajstić information content (AvgIpc) is 3.47. The van der Waals surface area contributed by atoms with Crippen LogP contribution in [0.2, 0.25) is 0 Å². The van der Waals surface area contributed by atoms with Gasteiger partial charge in [0.05, 0.1) is 58.7 Å². The maximum Gasteiger partial charge on any atom is 0.280 e. The van der Waals surface area contributed by atoms with Gasteiger partial charge in [-0.1, -0.05) is 0 Å². The summed E-state index contributed by atoms with van der Waals surface area (Å²) in [5, 5.41) is 7.03. The summed E-state index contributed by atoms with van der Waals surface area (Å²) in [5.74, 6) is -3.90. The van der Waals surface area contributed by atoms with Gasteiger partial charge in [-0.05, 0) is 30.2 Å². The van der Waals surface area contributed by atoms with Gasteiger partial charge in [0.15, 0.2) is 5.82 Å². The number of anilines is 1. The first-order valence-electron chi connectivity index (χ1n) is 12.4. The van der Waals surface area contributed by atoms with Crippen LogP contribution in [-0.4, -0.2) is 86.9 Å². The topological polar surface area (TPSA) is 81.7 Å². The van der Waals surface area contributed by atoms with Crippen LogP contribution in [0.15, 0.2) is 30.7 Å². The third kappa shape index (κ3) is 4.30. The molecule has 0 amide bonds. The van der Waals surface area contributed by atoms with Crippen LogP contribution >= 0.6 is 0 Å². The first-order chi connectivity index (χ1) is 18.6. The summed E-state index contributed by atoms with van der Waals surface area (Å²) in [5.41, 5.74) is 1.30. The van der Waals surface area contributed by atoms with E-state index in [4.69, 9.17) is 10.8 Å². The number of alkyl halides is 4. The summed E-state index contributed by atoms with van der Waals surface area (Å²) in [7, 11) is 1.35. The van der Waals surface area contributed by atoms with E-state index in [2.05, 4.69) is 20.4 Å². The van der Waals surface area contributed by atoms with Crippen LogP contribution < -0.4 is 10.1 Å². The number of ether oxygens (including phenoxy) is 2. The van der Waals surface area contributed by atoms with Crippen LogP contribution in [0.25, 0.3) is 27.7 Å². The maximum atomic E-state index is 15.1. The summed E-state index contributed by atoms with van der Waals surface area (Å²) < 4.78 is 92.3. The fourth-order valence-electron chi connectivity index (χ4n) is 4.92. The minimum atomic E-state index is -3.16. The SMILES string of the molecule is [2H]C1(N2CC[C@@H](Nc3nc(OC)c4c(-c5cc(F)c6ncn(CC(F)F)c6c5)ccn4n3)C(F)(F)C2)COC1. The Morgan fingerprint density at radius 3 is 2.82 bits per heavy atom. The minimum absolute atomic E-state index is 0.0363. The Kier molecular flexibility index (Phi) is 5.80. The van der Waals surface area contributed by atoms with Gasteiger partial charge in [-0.15, -0.1) is 5.10 Å². The Hall–Kier alpha value is -3.52. The van der Waals surface area contributed by atoms with Gasteiger partial charge in [0.1, 0.15) is 11.0 Å². The second-order valence-electron chi connectivity index (χ2n) is 9.31. The number of hydrogen-bond donors (Lipinski definition) is 1. The third-order valence-corrected chi connectivity index (χ3v) is 6.88. The van der Waals surface area contributed by atoms with E-state index in [1.54, 1.807) is 12.3 Å². The largest absolute Gasteiger partial charge is 0.479 e. The summed E-state index contributed by atoms with van der Waals surface area (Å²) in [6, 6.07) is 1.97. The second-order valence-corrected chi connectivity index (χ2v) is 9.31. The van der Waals surface area contributed by atoms with Gasteiger partial charge < -0.3 is 19.4 Å². The number of piperidine rings is 1. The smallest absolute Gasteiger partial charge is 0.280 e. The summed E-state index contributed by atoms with van der Waals surface area (Å²) in [4.78, 5) is 9.62. The van der Waals surface area contributed by atoms with Crippen molar-refractivity contribution in [2.45, 2.75) is 37.4 Å². The molecule has 2 saturated heterocycles. The van der Waals surface area contributed by atoms with Crippen LogP contribution in [-0.2, 0) is 11.3 Å². The lowest BCUT2D eigenvalue weighted by molar-refractivity contribution is -0.131. The van der Waals surface area contributed by atoms with E-state index in [1.807, 2.05) is 0 Å². The van der Waals surface area contributed by atoms with Gasteiger partial charge >= 0.3 is 0 Å². The maximum absolute atomic E-state index is 15.1. The van der Waals surface area contributed by atoms with Crippen molar-refractivity contribution in [3.63, 3.8) is 0 Å². The number of aromatic nitrogens is 5. The molecule has 38 heavy (non-hydrogen) atoms. The van der Waals surface area contributed by atoms with Gasteiger partial charge in [0, 0.05) is 18.3 Å². The Bertz CT molecular complexity index is 1540. The van der Waals surface area contributed by atoms with E-state index in [0.29, 0.717) is 16.6 Å². The number of fused-ring (bicyclic) bond motifs is 2. The molecule has 0 saturated carbocycles. The highest BCUT2D eigenvalue weighted by atomic mass is 19.3. The van der Waals surface area contributed by atoms with Crippen LogP contribution in [0.1, 0.15) is 7.79 Å². The molecule has 0 unspecified atom stereocenters. The number of nitrogens with one attached hydrogen (secondary N) is 1.